The van der Waals surface area contributed by atoms with E-state index in [-0.39, 0.29) is 11.4 Å². The van der Waals surface area contributed by atoms with E-state index in [0.29, 0.717) is 23.1 Å². The van der Waals surface area contributed by atoms with Crippen LogP contribution >= 0.6 is 34.2 Å². The van der Waals surface area contributed by atoms with Gasteiger partial charge in [0.25, 0.3) is 0 Å². The van der Waals surface area contributed by atoms with Crippen molar-refractivity contribution >= 4 is 40.0 Å². The minimum Gasteiger partial charge on any atom is -0.383 e. The molecule has 1 aromatic heterocycles. The maximum atomic E-state index is 14.0. The smallest absolute Gasteiger partial charge is 0.145 e. The van der Waals surface area contributed by atoms with Gasteiger partial charge in [-0.3, -0.25) is 0 Å². The summed E-state index contributed by atoms with van der Waals surface area (Å²) in [6.07, 6.45) is 1.09. The SMILES string of the molecule is CC(C)Cc1nc(Cc2cccc(Cl)c2F)nc(N)c1I. The van der Waals surface area contributed by atoms with E-state index in [9.17, 15) is 4.39 Å². The first kappa shape index (κ1) is 16.4. The molecule has 0 unspecified atom stereocenters. The minimum atomic E-state index is -0.426. The number of aromatic nitrogens is 2. The molecule has 21 heavy (non-hydrogen) atoms. The molecule has 0 saturated heterocycles. The molecule has 0 aliphatic carbocycles. The highest BCUT2D eigenvalue weighted by atomic mass is 127. The van der Waals surface area contributed by atoms with Gasteiger partial charge in [-0.25, -0.2) is 14.4 Å². The molecule has 0 fully saturated rings. The first-order valence-electron chi connectivity index (χ1n) is 6.62. The zero-order chi connectivity index (χ0) is 15.6. The van der Waals surface area contributed by atoms with Gasteiger partial charge in [0.15, 0.2) is 0 Å². The molecule has 0 aliphatic rings. The van der Waals surface area contributed by atoms with Crippen molar-refractivity contribution in [2.24, 2.45) is 5.92 Å². The van der Waals surface area contributed by atoms with Crippen LogP contribution in [0.25, 0.3) is 0 Å². The summed E-state index contributed by atoms with van der Waals surface area (Å²) >= 11 is 7.95. The normalized spacial score (nSPS) is 11.1. The van der Waals surface area contributed by atoms with Crippen LogP contribution in [0, 0.1) is 15.3 Å². The Morgan fingerprint density at radius 3 is 2.71 bits per heavy atom. The maximum absolute atomic E-state index is 14.0. The van der Waals surface area contributed by atoms with Crippen LogP contribution in [0.1, 0.15) is 30.9 Å². The van der Waals surface area contributed by atoms with E-state index in [1.54, 1.807) is 12.1 Å². The Balaban J connectivity index is 2.36. The van der Waals surface area contributed by atoms with E-state index in [2.05, 4.69) is 46.4 Å². The lowest BCUT2D eigenvalue weighted by atomic mass is 10.1. The second-order valence-electron chi connectivity index (χ2n) is 5.27. The molecule has 0 bridgehead atoms. The summed E-state index contributed by atoms with van der Waals surface area (Å²) in [5.74, 6) is 0.997. The number of halogens is 3. The van der Waals surface area contributed by atoms with E-state index in [1.165, 1.54) is 6.07 Å². The highest BCUT2D eigenvalue weighted by Gasteiger charge is 2.14. The Kier molecular flexibility index (Phi) is 5.37. The van der Waals surface area contributed by atoms with Gasteiger partial charge in [-0.05, 0) is 46.6 Å². The summed E-state index contributed by atoms with van der Waals surface area (Å²) in [7, 11) is 0. The lowest BCUT2D eigenvalue weighted by Crippen LogP contribution is -2.10. The number of benzene rings is 1. The molecule has 0 radical (unpaired) electrons. The van der Waals surface area contributed by atoms with E-state index < -0.39 is 5.82 Å². The molecule has 3 nitrogen and oxygen atoms in total. The molecule has 0 aliphatic heterocycles. The molecule has 0 atom stereocenters. The van der Waals surface area contributed by atoms with Crippen LogP contribution in [0.2, 0.25) is 5.02 Å². The maximum Gasteiger partial charge on any atom is 0.145 e. The van der Waals surface area contributed by atoms with Crippen molar-refractivity contribution in [3.8, 4) is 0 Å². The number of nitrogens with two attached hydrogens (primary N) is 1. The summed E-state index contributed by atoms with van der Waals surface area (Å²) in [6.45, 7) is 4.23. The van der Waals surface area contributed by atoms with Crippen molar-refractivity contribution in [3.63, 3.8) is 0 Å². The Hall–Kier alpha value is -0.950. The van der Waals surface area contributed by atoms with Crippen LogP contribution in [0.3, 0.4) is 0 Å². The van der Waals surface area contributed by atoms with E-state index in [0.717, 1.165) is 15.7 Å². The van der Waals surface area contributed by atoms with E-state index in [1.807, 2.05) is 0 Å². The predicted octanol–water partition coefficient (Wildman–Crippen LogP) is 4.25. The molecule has 0 spiro atoms. The van der Waals surface area contributed by atoms with Gasteiger partial charge in [0.2, 0.25) is 0 Å². The fourth-order valence-electron chi connectivity index (χ4n) is 2.02. The third kappa shape index (κ3) is 4.03. The number of rotatable bonds is 4. The second kappa shape index (κ2) is 6.87. The van der Waals surface area contributed by atoms with Crippen LogP contribution < -0.4 is 5.73 Å². The molecule has 2 rings (SSSR count). The molecule has 2 N–H and O–H groups in total. The number of hydrogen-bond acceptors (Lipinski definition) is 3. The topological polar surface area (TPSA) is 51.8 Å². The second-order valence-corrected chi connectivity index (χ2v) is 6.76. The van der Waals surface area contributed by atoms with Gasteiger partial charge in [0.05, 0.1) is 14.3 Å². The Morgan fingerprint density at radius 1 is 1.33 bits per heavy atom. The fraction of sp³-hybridized carbons (Fsp3) is 0.333. The van der Waals surface area contributed by atoms with Crippen LogP contribution in [-0.4, -0.2) is 9.97 Å². The van der Waals surface area contributed by atoms with Crippen LogP contribution in [0.4, 0.5) is 10.2 Å². The number of nitrogen functional groups attached to an aromatic ring is 1. The Morgan fingerprint density at radius 2 is 2.05 bits per heavy atom. The van der Waals surface area contributed by atoms with Crippen molar-refractivity contribution < 1.29 is 4.39 Å². The van der Waals surface area contributed by atoms with Gasteiger partial charge in [-0.2, -0.15) is 0 Å². The zero-order valence-electron chi connectivity index (χ0n) is 11.8. The van der Waals surface area contributed by atoms with Crippen LogP contribution in [0.15, 0.2) is 18.2 Å². The Bertz CT molecular complexity index is 662. The third-order valence-corrected chi connectivity index (χ3v) is 4.44. The summed E-state index contributed by atoms with van der Waals surface area (Å²) in [5.41, 5.74) is 7.32. The number of anilines is 1. The molecular formula is C15H16ClFIN3. The first-order chi connectivity index (χ1) is 9.88. The van der Waals surface area contributed by atoms with Gasteiger partial charge in [0, 0.05) is 6.42 Å². The molecular weight excluding hydrogens is 404 g/mol. The standard InChI is InChI=1S/C15H16ClFIN3/c1-8(2)6-11-14(18)15(19)21-12(20-11)7-9-4-3-5-10(16)13(9)17/h3-5,8H,6-7H2,1-2H3,(H2,19,20,21). The van der Waals surface area contributed by atoms with Crippen LogP contribution in [0.5, 0.6) is 0 Å². The lowest BCUT2D eigenvalue weighted by Gasteiger charge is -2.11. The average molecular weight is 420 g/mol. The predicted molar refractivity (Wildman–Crippen MR) is 91.9 cm³/mol. The van der Waals surface area contributed by atoms with Crippen molar-refractivity contribution in [2.75, 3.05) is 5.73 Å². The van der Waals surface area contributed by atoms with Gasteiger partial charge >= 0.3 is 0 Å². The quantitative estimate of drug-likeness (QED) is 0.754. The lowest BCUT2D eigenvalue weighted by molar-refractivity contribution is 0.609. The first-order valence-corrected chi connectivity index (χ1v) is 8.07. The summed E-state index contributed by atoms with van der Waals surface area (Å²) in [4.78, 5) is 8.79. The van der Waals surface area contributed by atoms with Gasteiger partial charge in [-0.1, -0.05) is 37.6 Å². The van der Waals surface area contributed by atoms with E-state index >= 15 is 0 Å². The molecule has 112 valence electrons. The van der Waals surface area contributed by atoms with Gasteiger partial charge in [-0.15, -0.1) is 0 Å². The molecule has 0 saturated carbocycles. The monoisotopic (exact) mass is 419 g/mol. The minimum absolute atomic E-state index is 0.105. The summed E-state index contributed by atoms with van der Waals surface area (Å²) < 4.78 is 14.8. The molecule has 0 amide bonds. The largest absolute Gasteiger partial charge is 0.383 e. The zero-order valence-corrected chi connectivity index (χ0v) is 14.7. The Labute approximate surface area is 142 Å². The molecule has 6 heteroatoms. The van der Waals surface area contributed by atoms with Crippen molar-refractivity contribution in [3.05, 3.63) is 49.7 Å². The third-order valence-electron chi connectivity index (χ3n) is 2.97. The highest BCUT2D eigenvalue weighted by Crippen LogP contribution is 2.23. The van der Waals surface area contributed by atoms with Crippen molar-refractivity contribution in [2.45, 2.75) is 26.7 Å². The number of hydrogen-bond donors (Lipinski definition) is 1. The number of nitrogens with zero attached hydrogens (tertiary/aromatic N) is 2. The highest BCUT2D eigenvalue weighted by molar-refractivity contribution is 14.1. The van der Waals surface area contributed by atoms with E-state index in [4.69, 9.17) is 17.3 Å². The fourth-order valence-corrected chi connectivity index (χ4v) is 2.68. The van der Waals surface area contributed by atoms with Crippen LogP contribution in [-0.2, 0) is 12.8 Å². The van der Waals surface area contributed by atoms with Crippen molar-refractivity contribution in [1.29, 1.82) is 0 Å². The summed E-state index contributed by atoms with van der Waals surface area (Å²) in [6, 6.07) is 4.92. The molecule has 2 aromatic rings. The molecule has 1 heterocycles. The van der Waals surface area contributed by atoms with Gasteiger partial charge in [0.1, 0.15) is 17.5 Å². The van der Waals surface area contributed by atoms with Gasteiger partial charge < -0.3 is 5.73 Å². The average Bonchev–Trinajstić information content (AvgIpc) is 2.40. The van der Waals surface area contributed by atoms with Crippen molar-refractivity contribution in [1.82, 2.24) is 9.97 Å². The molecule has 1 aromatic carbocycles. The summed E-state index contributed by atoms with van der Waals surface area (Å²) in [5, 5.41) is 0.105.